The van der Waals surface area contributed by atoms with E-state index in [1.54, 1.807) is 0 Å². The maximum atomic E-state index is 13.5. The molecule has 0 radical (unpaired) electrons. The molecule has 2 aromatic rings. The Bertz CT molecular complexity index is 688. The van der Waals surface area contributed by atoms with Crippen LogP contribution in [0.3, 0.4) is 0 Å². The van der Waals surface area contributed by atoms with E-state index in [0.29, 0.717) is 0 Å². The predicted octanol–water partition coefficient (Wildman–Crippen LogP) is 2.39. The number of aromatic nitrogens is 2. The van der Waals surface area contributed by atoms with Gasteiger partial charge in [-0.15, -0.1) is 0 Å². The third-order valence-corrected chi connectivity index (χ3v) is 2.98. The normalized spacial score (nSPS) is 13.8. The number of anilines is 2. The molecule has 1 aliphatic carbocycles. The Labute approximate surface area is 119 Å². The van der Waals surface area contributed by atoms with E-state index in [1.165, 1.54) is 18.3 Å². The highest BCUT2D eigenvalue weighted by atomic mass is 19.1. The monoisotopic (exact) mass is 290 g/mol. The number of nitrogens with one attached hydrogen (secondary N) is 2. The average Bonchev–Trinajstić information content (AvgIpc) is 3.26. The lowest BCUT2D eigenvalue weighted by atomic mass is 10.3. The molecule has 1 aromatic heterocycles. The lowest BCUT2D eigenvalue weighted by molar-refractivity contribution is 0.0946. The highest BCUT2D eigenvalue weighted by Gasteiger charge is 2.24. The van der Waals surface area contributed by atoms with Crippen molar-refractivity contribution in [2.24, 2.45) is 0 Å². The van der Waals surface area contributed by atoms with Gasteiger partial charge in [-0.3, -0.25) is 4.79 Å². The molecule has 0 atom stereocenters. The van der Waals surface area contributed by atoms with Crippen LogP contribution in [0.4, 0.5) is 20.4 Å². The van der Waals surface area contributed by atoms with Gasteiger partial charge in [-0.1, -0.05) is 0 Å². The zero-order valence-corrected chi connectivity index (χ0v) is 10.9. The second-order valence-electron chi connectivity index (χ2n) is 4.76. The first-order valence-corrected chi connectivity index (χ1v) is 6.48. The van der Waals surface area contributed by atoms with Gasteiger partial charge >= 0.3 is 0 Å². The highest BCUT2D eigenvalue weighted by molar-refractivity contribution is 5.92. The van der Waals surface area contributed by atoms with Gasteiger partial charge in [-0.2, -0.15) is 0 Å². The number of nitrogens with zero attached hydrogens (tertiary/aromatic N) is 2. The molecular weight excluding hydrogens is 278 g/mol. The molecule has 0 unspecified atom stereocenters. The summed E-state index contributed by atoms with van der Waals surface area (Å²) < 4.78 is 26.4. The molecule has 0 aliphatic heterocycles. The fraction of sp³-hybridized carbons (Fsp3) is 0.214. The second kappa shape index (κ2) is 5.43. The molecule has 0 spiro atoms. The molecule has 2 N–H and O–H groups in total. The van der Waals surface area contributed by atoms with Crippen LogP contribution in [0.25, 0.3) is 0 Å². The first kappa shape index (κ1) is 13.4. The summed E-state index contributed by atoms with van der Waals surface area (Å²) in [4.78, 5) is 19.8. The Kier molecular flexibility index (Phi) is 3.47. The van der Waals surface area contributed by atoms with Gasteiger partial charge in [0.1, 0.15) is 17.3 Å². The molecule has 1 aliphatic rings. The molecule has 21 heavy (non-hydrogen) atoms. The molecule has 1 saturated carbocycles. The van der Waals surface area contributed by atoms with E-state index in [-0.39, 0.29) is 29.3 Å². The number of halogens is 2. The Morgan fingerprint density at radius 2 is 2.05 bits per heavy atom. The van der Waals surface area contributed by atoms with Crippen LogP contribution >= 0.6 is 0 Å². The van der Waals surface area contributed by atoms with Crippen LogP contribution in [-0.2, 0) is 0 Å². The third kappa shape index (κ3) is 3.31. The van der Waals surface area contributed by atoms with Crippen molar-refractivity contribution in [3.8, 4) is 0 Å². The fourth-order valence-corrected chi connectivity index (χ4v) is 1.74. The summed E-state index contributed by atoms with van der Waals surface area (Å²) in [5.41, 5.74) is 0.234. The summed E-state index contributed by atoms with van der Waals surface area (Å²) in [5, 5.41) is 5.42. The summed E-state index contributed by atoms with van der Waals surface area (Å²) in [7, 11) is 0. The molecule has 3 rings (SSSR count). The Balaban J connectivity index is 1.77. The molecule has 108 valence electrons. The average molecular weight is 290 g/mol. The number of hydrogen-bond acceptors (Lipinski definition) is 4. The highest BCUT2D eigenvalue weighted by Crippen LogP contribution is 2.20. The maximum absolute atomic E-state index is 13.5. The second-order valence-corrected chi connectivity index (χ2v) is 4.76. The predicted molar refractivity (Wildman–Crippen MR) is 72.2 cm³/mol. The summed E-state index contributed by atoms with van der Waals surface area (Å²) in [6, 6.07) is 4.81. The molecule has 1 amide bonds. The molecule has 1 fully saturated rings. The lowest BCUT2D eigenvalue weighted by Crippen LogP contribution is -2.26. The Hall–Kier alpha value is -2.57. The number of hydrogen-bond donors (Lipinski definition) is 2. The number of amides is 1. The first-order valence-electron chi connectivity index (χ1n) is 6.48. The standard InChI is InChI=1S/C14H12F2N4O/c15-8-1-4-11(10(16)7-8)19-14-17-6-5-12(20-14)13(21)18-9-2-3-9/h1,4-7,9H,2-3H2,(H,18,21)(H,17,19,20). The van der Waals surface area contributed by atoms with E-state index in [2.05, 4.69) is 20.6 Å². The van der Waals surface area contributed by atoms with Crippen LogP contribution in [0.1, 0.15) is 23.3 Å². The molecule has 0 saturated heterocycles. The van der Waals surface area contributed by atoms with Gasteiger partial charge in [0.05, 0.1) is 5.69 Å². The maximum Gasteiger partial charge on any atom is 0.270 e. The van der Waals surface area contributed by atoms with E-state index in [0.717, 1.165) is 25.0 Å². The van der Waals surface area contributed by atoms with Crippen LogP contribution in [0.15, 0.2) is 30.5 Å². The van der Waals surface area contributed by atoms with Crippen LogP contribution in [0, 0.1) is 11.6 Å². The minimum absolute atomic E-state index is 0.0381. The van der Waals surface area contributed by atoms with E-state index in [4.69, 9.17) is 0 Å². The largest absolute Gasteiger partial charge is 0.348 e. The van der Waals surface area contributed by atoms with Crippen molar-refractivity contribution in [1.82, 2.24) is 15.3 Å². The van der Waals surface area contributed by atoms with Crippen molar-refractivity contribution in [3.63, 3.8) is 0 Å². The zero-order valence-electron chi connectivity index (χ0n) is 10.9. The van der Waals surface area contributed by atoms with Crippen LogP contribution in [0.2, 0.25) is 0 Å². The number of carbonyl (C=O) groups excluding carboxylic acids is 1. The summed E-state index contributed by atoms with van der Waals surface area (Å²) in [6.45, 7) is 0. The third-order valence-electron chi connectivity index (χ3n) is 2.98. The minimum Gasteiger partial charge on any atom is -0.348 e. The zero-order chi connectivity index (χ0) is 14.8. The van der Waals surface area contributed by atoms with Gasteiger partial charge in [-0.05, 0) is 31.0 Å². The Morgan fingerprint density at radius 3 is 2.76 bits per heavy atom. The molecule has 7 heteroatoms. The molecular formula is C14H12F2N4O. The topological polar surface area (TPSA) is 66.9 Å². The van der Waals surface area contributed by atoms with Crippen molar-refractivity contribution in [2.45, 2.75) is 18.9 Å². The number of rotatable bonds is 4. The molecule has 1 heterocycles. The first-order chi connectivity index (χ1) is 10.1. The van der Waals surface area contributed by atoms with E-state index in [1.807, 2.05) is 0 Å². The minimum atomic E-state index is -0.758. The van der Waals surface area contributed by atoms with Gasteiger partial charge in [0.15, 0.2) is 0 Å². The summed E-state index contributed by atoms with van der Waals surface area (Å²) in [6.07, 6.45) is 3.35. The van der Waals surface area contributed by atoms with Gasteiger partial charge in [0.2, 0.25) is 5.95 Å². The van der Waals surface area contributed by atoms with Crippen molar-refractivity contribution in [3.05, 3.63) is 47.8 Å². The smallest absolute Gasteiger partial charge is 0.270 e. The van der Waals surface area contributed by atoms with E-state index >= 15 is 0 Å². The van der Waals surface area contributed by atoms with Gasteiger partial charge < -0.3 is 10.6 Å². The van der Waals surface area contributed by atoms with Gasteiger partial charge in [0.25, 0.3) is 5.91 Å². The summed E-state index contributed by atoms with van der Waals surface area (Å²) in [5.74, 6) is -1.64. The number of benzene rings is 1. The molecule has 1 aromatic carbocycles. The van der Waals surface area contributed by atoms with E-state index in [9.17, 15) is 13.6 Å². The van der Waals surface area contributed by atoms with Crippen molar-refractivity contribution in [2.75, 3.05) is 5.32 Å². The van der Waals surface area contributed by atoms with Crippen molar-refractivity contribution >= 4 is 17.5 Å². The van der Waals surface area contributed by atoms with Crippen molar-refractivity contribution in [1.29, 1.82) is 0 Å². The SMILES string of the molecule is O=C(NC1CC1)c1ccnc(Nc2ccc(F)cc2F)n1. The van der Waals surface area contributed by atoms with Gasteiger partial charge in [0, 0.05) is 18.3 Å². The fourth-order valence-electron chi connectivity index (χ4n) is 1.74. The molecule has 5 nitrogen and oxygen atoms in total. The quantitative estimate of drug-likeness (QED) is 0.907. The van der Waals surface area contributed by atoms with Crippen LogP contribution < -0.4 is 10.6 Å². The van der Waals surface area contributed by atoms with E-state index < -0.39 is 11.6 Å². The van der Waals surface area contributed by atoms with Gasteiger partial charge in [-0.25, -0.2) is 18.7 Å². The van der Waals surface area contributed by atoms with Crippen LogP contribution in [0.5, 0.6) is 0 Å². The lowest BCUT2D eigenvalue weighted by Gasteiger charge is -2.07. The van der Waals surface area contributed by atoms with Crippen LogP contribution in [-0.4, -0.2) is 21.9 Å². The molecule has 0 bridgehead atoms. The number of carbonyl (C=O) groups is 1. The summed E-state index contributed by atoms with van der Waals surface area (Å²) >= 11 is 0. The van der Waals surface area contributed by atoms with Crippen molar-refractivity contribution < 1.29 is 13.6 Å². The Morgan fingerprint density at radius 1 is 1.24 bits per heavy atom.